The van der Waals surface area contributed by atoms with E-state index in [0.717, 1.165) is 11.3 Å². The second-order valence-corrected chi connectivity index (χ2v) is 7.07. The van der Waals surface area contributed by atoms with E-state index in [1.54, 1.807) is 12.5 Å². The summed E-state index contributed by atoms with van der Waals surface area (Å²) in [6.45, 7) is 6.14. The Kier molecular flexibility index (Phi) is 5.34. The molecule has 8 nitrogen and oxygen atoms in total. The Morgan fingerprint density at radius 3 is 2.56 bits per heavy atom. The van der Waals surface area contributed by atoms with Crippen molar-refractivity contribution in [2.24, 2.45) is 0 Å². The van der Waals surface area contributed by atoms with Crippen LogP contribution in [0, 0.1) is 13.8 Å². The first-order valence-electron chi connectivity index (χ1n) is 8.80. The van der Waals surface area contributed by atoms with E-state index < -0.39 is 36.6 Å². The van der Waals surface area contributed by atoms with E-state index in [2.05, 4.69) is 11.9 Å². The minimum Gasteiger partial charge on any atom is -0.479 e. The first-order chi connectivity index (χ1) is 12.7. The van der Waals surface area contributed by atoms with Crippen molar-refractivity contribution in [3.05, 3.63) is 53.1 Å². The lowest BCUT2D eigenvalue weighted by Gasteiger charge is -2.36. The molecule has 0 amide bonds. The molecule has 6 atom stereocenters. The third-order valence-corrected chi connectivity index (χ3v) is 5.37. The zero-order valence-corrected chi connectivity index (χ0v) is 15.4. The van der Waals surface area contributed by atoms with Crippen LogP contribution in [0.3, 0.4) is 0 Å². The first-order valence-corrected chi connectivity index (χ1v) is 8.80. The van der Waals surface area contributed by atoms with Gasteiger partial charge in [-0.1, -0.05) is 25.1 Å². The Bertz CT molecular complexity index is 835. The number of H-pyrrole nitrogens is 1. The lowest BCUT2D eigenvalue weighted by atomic mass is 9.92. The van der Waals surface area contributed by atoms with Gasteiger partial charge in [-0.3, -0.25) is 0 Å². The topological polar surface area (TPSA) is 127 Å². The van der Waals surface area contributed by atoms with Gasteiger partial charge >= 0.3 is 5.97 Å². The van der Waals surface area contributed by atoms with E-state index in [-0.39, 0.29) is 5.92 Å². The number of aliphatic carboxylic acids is 1. The van der Waals surface area contributed by atoms with Crippen molar-refractivity contribution in [3.8, 4) is 0 Å². The van der Waals surface area contributed by atoms with Crippen molar-refractivity contribution in [1.29, 1.82) is 0 Å². The number of aliphatic hydroxyl groups is 3. The van der Waals surface area contributed by atoms with Gasteiger partial charge in [0.05, 0.1) is 0 Å². The van der Waals surface area contributed by atoms with Gasteiger partial charge < -0.3 is 25.2 Å². The van der Waals surface area contributed by atoms with Crippen LogP contribution < -0.4 is 4.57 Å². The molecule has 1 aromatic heterocycles. The Morgan fingerprint density at radius 1 is 1.19 bits per heavy atom. The van der Waals surface area contributed by atoms with Crippen LogP contribution in [0.2, 0.25) is 0 Å². The molecule has 1 aliphatic rings. The monoisotopic (exact) mass is 377 g/mol. The zero-order valence-electron chi connectivity index (χ0n) is 15.4. The zero-order chi connectivity index (χ0) is 19.9. The molecule has 2 aromatic rings. The lowest BCUT2D eigenvalue weighted by Crippen LogP contribution is -2.63. The number of hydrogen-bond donors (Lipinski definition) is 5. The molecule has 146 valence electrons. The molecular weight excluding hydrogens is 352 g/mol. The quantitative estimate of drug-likeness (QED) is 0.482. The number of aromatic nitrogens is 2. The molecule has 0 radical (unpaired) electrons. The molecule has 2 heterocycles. The van der Waals surface area contributed by atoms with Gasteiger partial charge in [-0.2, -0.15) is 0 Å². The van der Waals surface area contributed by atoms with E-state index in [0.29, 0.717) is 0 Å². The predicted molar refractivity (Wildman–Crippen MR) is 94.0 cm³/mol. The number of aromatic amines is 1. The number of aliphatic hydroxyl groups excluding tert-OH is 3. The fourth-order valence-corrected chi connectivity index (χ4v) is 3.49. The highest BCUT2D eigenvalue weighted by Gasteiger charge is 2.49. The van der Waals surface area contributed by atoms with Crippen molar-refractivity contribution in [1.82, 2.24) is 4.98 Å². The second-order valence-electron chi connectivity index (χ2n) is 7.07. The average Bonchev–Trinajstić information content (AvgIpc) is 3.11. The Morgan fingerprint density at radius 2 is 1.89 bits per heavy atom. The average molecular weight is 377 g/mol. The lowest BCUT2D eigenvalue weighted by molar-refractivity contribution is -0.776. The van der Waals surface area contributed by atoms with Crippen LogP contribution in [0.1, 0.15) is 41.5 Å². The van der Waals surface area contributed by atoms with Gasteiger partial charge in [0.15, 0.2) is 6.10 Å². The number of carboxylic acid groups (broad SMARTS) is 1. The van der Waals surface area contributed by atoms with Crippen LogP contribution in [-0.4, -0.2) is 55.8 Å². The Hall–Kier alpha value is -2.26. The molecule has 0 saturated carbocycles. The number of nitrogens with one attached hydrogen (secondary N) is 1. The van der Waals surface area contributed by atoms with E-state index in [9.17, 15) is 25.2 Å². The molecule has 8 heteroatoms. The molecule has 1 aromatic carbocycles. The molecule has 0 spiro atoms. The normalized spacial score (nSPS) is 29.5. The van der Waals surface area contributed by atoms with Gasteiger partial charge in [-0.05, 0) is 30.5 Å². The van der Waals surface area contributed by atoms with Crippen molar-refractivity contribution < 1.29 is 34.5 Å². The van der Waals surface area contributed by atoms with Crippen molar-refractivity contribution in [3.63, 3.8) is 0 Å². The highest BCUT2D eigenvalue weighted by molar-refractivity contribution is 5.73. The number of carbonyl (C=O) groups is 1. The minimum atomic E-state index is -1.71. The molecule has 1 aliphatic heterocycles. The van der Waals surface area contributed by atoms with Crippen molar-refractivity contribution in [2.45, 2.75) is 57.3 Å². The van der Waals surface area contributed by atoms with Gasteiger partial charge in [-0.25, -0.2) is 14.3 Å². The van der Waals surface area contributed by atoms with Crippen LogP contribution in [0.5, 0.6) is 0 Å². The molecule has 0 bridgehead atoms. The van der Waals surface area contributed by atoms with E-state index in [4.69, 9.17) is 4.74 Å². The number of rotatable bonds is 4. The number of aryl methyl sites for hydroxylation is 1. The number of ether oxygens (including phenoxy) is 1. The van der Waals surface area contributed by atoms with E-state index >= 15 is 0 Å². The van der Waals surface area contributed by atoms with E-state index in [1.807, 2.05) is 32.0 Å². The summed E-state index contributed by atoms with van der Waals surface area (Å²) in [5.74, 6) is -1.38. The Labute approximate surface area is 156 Å². The molecule has 3 rings (SSSR count). The van der Waals surface area contributed by atoms with Crippen LogP contribution >= 0.6 is 0 Å². The van der Waals surface area contributed by atoms with Crippen LogP contribution in [0.25, 0.3) is 0 Å². The van der Waals surface area contributed by atoms with Crippen LogP contribution in [0.4, 0.5) is 0 Å². The summed E-state index contributed by atoms with van der Waals surface area (Å²) in [6.07, 6.45) is -4.32. The summed E-state index contributed by atoms with van der Waals surface area (Å²) in [7, 11) is 0. The largest absolute Gasteiger partial charge is 0.479 e. The number of carboxylic acids is 1. The first kappa shape index (κ1) is 19.5. The molecule has 1 saturated heterocycles. The number of nitrogens with zero attached hydrogens (tertiary/aromatic N) is 1. The molecule has 1 fully saturated rings. The molecule has 1 unspecified atom stereocenters. The van der Waals surface area contributed by atoms with E-state index in [1.165, 1.54) is 15.7 Å². The summed E-state index contributed by atoms with van der Waals surface area (Å²) in [4.78, 5) is 14.4. The highest BCUT2D eigenvalue weighted by Crippen LogP contribution is 2.28. The van der Waals surface area contributed by atoms with Gasteiger partial charge in [0.25, 0.3) is 0 Å². The minimum absolute atomic E-state index is 0.0256. The second kappa shape index (κ2) is 7.40. The maximum Gasteiger partial charge on any atom is 0.335 e. The summed E-state index contributed by atoms with van der Waals surface area (Å²) in [6, 6.07) is 6.09. The van der Waals surface area contributed by atoms with Crippen molar-refractivity contribution in [2.75, 3.05) is 0 Å². The predicted octanol–water partition coefficient (Wildman–Crippen LogP) is 0.136. The Balaban J connectivity index is 1.88. The molecule has 5 N–H and O–H groups in total. The summed E-state index contributed by atoms with van der Waals surface area (Å²) < 4.78 is 6.83. The van der Waals surface area contributed by atoms with Crippen LogP contribution in [-0.2, 0) is 9.53 Å². The number of benzene rings is 1. The third-order valence-electron chi connectivity index (χ3n) is 5.37. The fourth-order valence-electron chi connectivity index (χ4n) is 3.49. The molecule has 27 heavy (non-hydrogen) atoms. The van der Waals surface area contributed by atoms with Gasteiger partial charge in [0, 0.05) is 5.92 Å². The summed E-state index contributed by atoms with van der Waals surface area (Å²) in [5.41, 5.74) is 4.36. The molecule has 0 aliphatic carbocycles. The fraction of sp³-hybridized carbons (Fsp3) is 0.474. The number of hydrogen-bond acceptors (Lipinski definition) is 5. The number of imidazole rings is 1. The van der Waals surface area contributed by atoms with Gasteiger partial charge in [0.2, 0.25) is 12.6 Å². The van der Waals surface area contributed by atoms with Crippen LogP contribution in [0.15, 0.2) is 30.7 Å². The summed E-state index contributed by atoms with van der Waals surface area (Å²) >= 11 is 0. The molecular formula is C19H25N2O6+. The van der Waals surface area contributed by atoms with Gasteiger partial charge in [-0.15, -0.1) is 0 Å². The van der Waals surface area contributed by atoms with Gasteiger partial charge in [0.1, 0.15) is 30.2 Å². The maximum absolute atomic E-state index is 11.3. The smallest absolute Gasteiger partial charge is 0.335 e. The highest BCUT2D eigenvalue weighted by atomic mass is 16.6. The van der Waals surface area contributed by atoms with Crippen molar-refractivity contribution >= 4 is 5.97 Å². The SMILES string of the molecule is Cc1cccc([C@H](C)c2c[n+](C3O[C@H](C(=O)O)[C@@H](O)[C@H](O)[C@H]3O)c[nH]2)c1C. The third kappa shape index (κ3) is 3.49. The maximum atomic E-state index is 11.3. The summed E-state index contributed by atoms with van der Waals surface area (Å²) in [5, 5.41) is 39.2. The standard InChI is InChI=1S/C19H24N2O6/c1-9-5-4-6-12(10(9)2)11(3)13-7-21(8-20-13)18-16(24)14(22)15(23)17(27-18)19(25)26/h4-8,11,14-18,22-24H,1-3H3,(H,25,26)/p+1/t11-,14-,15-,16+,17-,18?/m0/s1.